The fourth-order valence-electron chi connectivity index (χ4n) is 8.28. The first-order chi connectivity index (χ1) is 14.7. The lowest BCUT2D eigenvalue weighted by Crippen LogP contribution is -2.55. The summed E-state index contributed by atoms with van der Waals surface area (Å²) in [6.07, 6.45) is 19.6. The average Bonchev–Trinajstić information content (AvgIpc) is 3.07. The van der Waals surface area contributed by atoms with Crippen molar-refractivity contribution in [2.24, 2.45) is 40.9 Å². The molecule has 0 aromatic heterocycles. The predicted octanol–water partition coefficient (Wildman–Crippen LogP) is 8.73. The second-order valence-electron chi connectivity index (χ2n) is 12.4. The maximum atomic E-state index is 12.2. The number of hydrogen-bond acceptors (Lipinski definition) is 1. The smallest absolute Gasteiger partial charge is 0.0743 e. The first kappa shape index (κ1) is 25.1. The lowest BCUT2D eigenvalue weighted by atomic mass is 9.53. The summed E-state index contributed by atoms with van der Waals surface area (Å²) in [7, 11) is 0. The second kappa shape index (κ2) is 10.6. The van der Waals surface area contributed by atoms with E-state index in [1.54, 1.807) is 0 Å². The summed E-state index contributed by atoms with van der Waals surface area (Å²) < 4.78 is 0. The monoisotopic (exact) mass is 428 g/mol. The van der Waals surface area contributed by atoms with Gasteiger partial charge in [-0.2, -0.15) is 0 Å². The van der Waals surface area contributed by atoms with Gasteiger partial charge in [0.15, 0.2) is 0 Å². The van der Waals surface area contributed by atoms with Crippen LogP contribution in [-0.4, -0.2) is 10.7 Å². The molecule has 0 aliphatic heterocycles. The number of allylic oxidation sites excluding steroid dienone is 1. The molecule has 0 saturated heterocycles. The van der Waals surface area contributed by atoms with Crippen molar-refractivity contribution in [1.82, 2.24) is 0 Å². The van der Waals surface area contributed by atoms with Crippen LogP contribution in [0.25, 0.3) is 0 Å². The van der Waals surface area contributed by atoms with Crippen LogP contribution in [0.15, 0.2) is 24.8 Å². The fourth-order valence-corrected chi connectivity index (χ4v) is 8.28. The maximum Gasteiger partial charge on any atom is 0.0743 e. The van der Waals surface area contributed by atoms with Crippen molar-refractivity contribution >= 4 is 0 Å². The van der Waals surface area contributed by atoms with Gasteiger partial charge in [0.25, 0.3) is 0 Å². The van der Waals surface area contributed by atoms with Crippen LogP contribution in [0.1, 0.15) is 118 Å². The van der Waals surface area contributed by atoms with E-state index in [4.69, 9.17) is 0 Å². The van der Waals surface area contributed by atoms with E-state index in [1.807, 2.05) is 6.08 Å². The lowest BCUT2D eigenvalue weighted by molar-refractivity contribution is -0.148. The zero-order valence-corrected chi connectivity index (χ0v) is 21.3. The predicted molar refractivity (Wildman–Crippen MR) is 135 cm³/mol. The Morgan fingerprint density at radius 3 is 2.52 bits per heavy atom. The van der Waals surface area contributed by atoms with Gasteiger partial charge in [-0.05, 0) is 105 Å². The van der Waals surface area contributed by atoms with E-state index in [0.717, 1.165) is 24.2 Å². The molecule has 0 heterocycles. The third-order valence-electron chi connectivity index (χ3n) is 10.1. The van der Waals surface area contributed by atoms with E-state index in [-0.39, 0.29) is 0 Å². The molecule has 0 bridgehead atoms. The Hall–Kier alpha value is -0.560. The molecule has 3 saturated carbocycles. The Bertz CT molecular complexity index is 606. The second-order valence-corrected chi connectivity index (χ2v) is 12.4. The van der Waals surface area contributed by atoms with Gasteiger partial charge in [-0.1, -0.05) is 71.6 Å². The van der Waals surface area contributed by atoms with Crippen molar-refractivity contribution in [2.45, 2.75) is 123 Å². The number of fused-ring (bicyclic) bond motifs is 1. The van der Waals surface area contributed by atoms with E-state index >= 15 is 0 Å². The summed E-state index contributed by atoms with van der Waals surface area (Å²) >= 11 is 0. The van der Waals surface area contributed by atoms with Gasteiger partial charge < -0.3 is 5.11 Å². The summed E-state index contributed by atoms with van der Waals surface area (Å²) in [5.41, 5.74) is 1.24. The van der Waals surface area contributed by atoms with Crippen LogP contribution in [0, 0.1) is 40.9 Å². The average molecular weight is 429 g/mol. The molecule has 0 amide bonds. The molecule has 1 nitrogen and oxygen atoms in total. The molecule has 3 fully saturated rings. The van der Waals surface area contributed by atoms with Crippen molar-refractivity contribution in [3.8, 4) is 0 Å². The first-order valence-corrected chi connectivity index (χ1v) is 13.7. The van der Waals surface area contributed by atoms with Crippen molar-refractivity contribution < 1.29 is 5.11 Å². The fraction of sp³-hybridized carbons (Fsp3) is 0.867. The zero-order valence-electron chi connectivity index (χ0n) is 21.3. The van der Waals surface area contributed by atoms with Gasteiger partial charge in [-0.3, -0.25) is 0 Å². The third kappa shape index (κ3) is 5.34. The molecule has 3 aliphatic rings. The van der Waals surface area contributed by atoms with Gasteiger partial charge in [0.05, 0.1) is 5.60 Å². The standard InChI is InChI=1S/C30H52O/c1-7-20-30(31)26(16-15-25-14-9-8-12-23(25)4)19-21-29(6)27(17-18-28(29)30)24(5)13-10-11-22(2)3/h7,22,24-28,31H,1,4,8-21H2,2-3,5-6H3/t24-,25?,26-,27-,28-,29-,30+/m1/s1. The zero-order chi connectivity index (χ0) is 22.6. The summed E-state index contributed by atoms with van der Waals surface area (Å²) in [4.78, 5) is 0. The van der Waals surface area contributed by atoms with Gasteiger partial charge in [-0.25, -0.2) is 0 Å². The highest BCUT2D eigenvalue weighted by molar-refractivity contribution is 5.12. The molecular formula is C30H52O. The van der Waals surface area contributed by atoms with Gasteiger partial charge in [0.1, 0.15) is 0 Å². The molecular weight excluding hydrogens is 376 g/mol. The van der Waals surface area contributed by atoms with Crippen LogP contribution in [-0.2, 0) is 0 Å². The van der Waals surface area contributed by atoms with Crippen LogP contribution in [0.3, 0.4) is 0 Å². The SMILES string of the molecule is C=CC[C@]1(O)[C@H](CCC2CCCCC2=C)CC[C@]2(C)[C@@H]([C@H](C)CCCC(C)C)CC[C@H]21. The summed E-state index contributed by atoms with van der Waals surface area (Å²) in [5.74, 6) is 3.96. The van der Waals surface area contributed by atoms with Gasteiger partial charge in [0.2, 0.25) is 0 Å². The van der Waals surface area contributed by atoms with Crippen LogP contribution >= 0.6 is 0 Å². The van der Waals surface area contributed by atoms with Crippen LogP contribution < -0.4 is 0 Å². The summed E-state index contributed by atoms with van der Waals surface area (Å²) in [6, 6.07) is 0. The molecule has 0 spiro atoms. The van der Waals surface area contributed by atoms with Gasteiger partial charge in [0, 0.05) is 0 Å². The molecule has 7 atom stereocenters. The molecule has 31 heavy (non-hydrogen) atoms. The van der Waals surface area contributed by atoms with E-state index in [2.05, 4.69) is 40.9 Å². The Morgan fingerprint density at radius 1 is 1.06 bits per heavy atom. The topological polar surface area (TPSA) is 20.2 Å². The number of hydrogen-bond donors (Lipinski definition) is 1. The Morgan fingerprint density at radius 2 is 1.84 bits per heavy atom. The van der Waals surface area contributed by atoms with Gasteiger partial charge >= 0.3 is 0 Å². The van der Waals surface area contributed by atoms with Crippen molar-refractivity contribution in [2.75, 3.05) is 0 Å². The highest BCUT2D eigenvalue weighted by Gasteiger charge is 2.60. The van der Waals surface area contributed by atoms with E-state index < -0.39 is 5.60 Å². The molecule has 1 unspecified atom stereocenters. The Balaban J connectivity index is 1.68. The minimum atomic E-state index is -0.544. The van der Waals surface area contributed by atoms with Crippen molar-refractivity contribution in [3.63, 3.8) is 0 Å². The molecule has 0 radical (unpaired) electrons. The normalized spacial score (nSPS) is 39.5. The number of aliphatic hydroxyl groups is 1. The Kier molecular flexibility index (Phi) is 8.56. The van der Waals surface area contributed by atoms with Crippen LogP contribution in [0.5, 0.6) is 0 Å². The third-order valence-corrected chi connectivity index (χ3v) is 10.1. The lowest BCUT2D eigenvalue weighted by Gasteiger charge is -2.55. The molecule has 3 aliphatic carbocycles. The largest absolute Gasteiger partial charge is 0.389 e. The highest BCUT2D eigenvalue weighted by Crippen LogP contribution is 2.64. The molecule has 178 valence electrons. The quantitative estimate of drug-likeness (QED) is 0.345. The van der Waals surface area contributed by atoms with E-state index in [9.17, 15) is 5.11 Å². The van der Waals surface area contributed by atoms with Crippen LogP contribution in [0.4, 0.5) is 0 Å². The minimum Gasteiger partial charge on any atom is -0.389 e. The highest BCUT2D eigenvalue weighted by atomic mass is 16.3. The molecule has 1 heteroatoms. The molecule has 0 aromatic carbocycles. The van der Waals surface area contributed by atoms with E-state index in [1.165, 1.54) is 89.0 Å². The Labute approximate surface area is 194 Å². The minimum absolute atomic E-state index is 0.305. The van der Waals surface area contributed by atoms with Crippen molar-refractivity contribution in [1.29, 1.82) is 0 Å². The first-order valence-electron chi connectivity index (χ1n) is 13.7. The van der Waals surface area contributed by atoms with Gasteiger partial charge in [-0.15, -0.1) is 6.58 Å². The molecule has 0 aromatic rings. The molecule has 1 N–H and O–H groups in total. The summed E-state index contributed by atoms with van der Waals surface area (Å²) in [5, 5.41) is 12.2. The maximum absolute atomic E-state index is 12.2. The molecule has 3 rings (SSSR count). The van der Waals surface area contributed by atoms with Crippen molar-refractivity contribution in [3.05, 3.63) is 24.8 Å². The van der Waals surface area contributed by atoms with E-state index in [0.29, 0.717) is 23.2 Å². The van der Waals surface area contributed by atoms with Crippen LogP contribution in [0.2, 0.25) is 0 Å². The summed E-state index contributed by atoms with van der Waals surface area (Å²) in [6.45, 7) is 18.2. The number of rotatable bonds is 10.